The molecule has 0 heterocycles. The Bertz CT molecular complexity index is 691. The molecule has 2 aromatic carbocycles. The van der Waals surface area contributed by atoms with E-state index in [0.29, 0.717) is 34.4 Å². The number of anilines is 1. The summed E-state index contributed by atoms with van der Waals surface area (Å²) < 4.78 is 11.7. The fraction of sp³-hybridized carbons (Fsp3) is 0.188. The number of ether oxygens (including phenoxy) is 2. The molecule has 0 unspecified atom stereocenters. The van der Waals surface area contributed by atoms with Gasteiger partial charge in [-0.15, -0.1) is 0 Å². The minimum atomic E-state index is -0.255. The molecule has 0 saturated heterocycles. The molecule has 0 spiro atoms. The molecule has 0 aliphatic heterocycles. The van der Waals surface area contributed by atoms with Crippen LogP contribution in [0.1, 0.15) is 17.3 Å². The Labute approximate surface area is 147 Å². The van der Waals surface area contributed by atoms with Crippen molar-refractivity contribution in [2.75, 3.05) is 19.0 Å². The highest BCUT2D eigenvalue weighted by atomic mass is 127. The number of amides is 1. The molecule has 6 heteroatoms. The number of hydrogen-bond donors (Lipinski definition) is 1. The highest BCUT2D eigenvalue weighted by Gasteiger charge is 2.16. The zero-order valence-electron chi connectivity index (χ0n) is 12.2. The summed E-state index contributed by atoms with van der Waals surface area (Å²) >= 11 is 8.17. The summed E-state index contributed by atoms with van der Waals surface area (Å²) in [6.07, 6.45) is 0. The summed E-state index contributed by atoms with van der Waals surface area (Å²) in [6.45, 7) is 2.37. The van der Waals surface area contributed by atoms with Gasteiger partial charge in [-0.2, -0.15) is 0 Å². The van der Waals surface area contributed by atoms with Crippen molar-refractivity contribution in [1.82, 2.24) is 0 Å². The van der Waals surface area contributed by atoms with Crippen LogP contribution in [0.5, 0.6) is 11.5 Å². The van der Waals surface area contributed by atoms with Gasteiger partial charge in [0.05, 0.1) is 28.0 Å². The summed E-state index contributed by atoms with van der Waals surface area (Å²) in [4.78, 5) is 12.4. The molecule has 2 aromatic rings. The van der Waals surface area contributed by atoms with E-state index >= 15 is 0 Å². The van der Waals surface area contributed by atoms with Gasteiger partial charge in [0.1, 0.15) is 0 Å². The molecule has 1 N–H and O–H groups in total. The molecule has 4 nitrogen and oxygen atoms in total. The molecule has 0 bridgehead atoms. The normalized spacial score (nSPS) is 10.2. The van der Waals surface area contributed by atoms with Crippen molar-refractivity contribution in [3.05, 3.63) is 50.6 Å². The summed E-state index contributed by atoms with van der Waals surface area (Å²) in [5, 5.41) is 3.28. The zero-order chi connectivity index (χ0) is 16.1. The SMILES string of the molecule is CCOc1cc(C(=O)Nc2ccccc2Cl)cc(I)c1OC. The molecule has 0 atom stereocenters. The van der Waals surface area contributed by atoms with E-state index in [2.05, 4.69) is 27.9 Å². The molecule has 0 fully saturated rings. The monoisotopic (exact) mass is 431 g/mol. The molecule has 0 aromatic heterocycles. The van der Waals surface area contributed by atoms with Crippen molar-refractivity contribution in [3.8, 4) is 11.5 Å². The van der Waals surface area contributed by atoms with Gasteiger partial charge in [-0.1, -0.05) is 23.7 Å². The first-order valence-electron chi connectivity index (χ1n) is 6.63. The number of rotatable bonds is 5. The Morgan fingerprint density at radius 1 is 1.32 bits per heavy atom. The number of halogens is 2. The van der Waals surface area contributed by atoms with Gasteiger partial charge < -0.3 is 14.8 Å². The molecule has 0 aliphatic rings. The standard InChI is InChI=1S/C16H15ClINO3/c1-3-22-14-9-10(8-12(18)15(14)21-2)16(20)19-13-7-5-4-6-11(13)17/h4-9H,3H2,1-2H3,(H,19,20). The van der Waals surface area contributed by atoms with Gasteiger partial charge in [0.25, 0.3) is 5.91 Å². The van der Waals surface area contributed by atoms with Crippen LogP contribution >= 0.6 is 34.2 Å². The minimum Gasteiger partial charge on any atom is -0.492 e. The van der Waals surface area contributed by atoms with Gasteiger partial charge in [-0.3, -0.25) is 4.79 Å². The average molecular weight is 432 g/mol. The highest BCUT2D eigenvalue weighted by Crippen LogP contribution is 2.34. The number of nitrogens with one attached hydrogen (secondary N) is 1. The predicted molar refractivity (Wildman–Crippen MR) is 96.3 cm³/mol. The summed E-state index contributed by atoms with van der Waals surface area (Å²) in [7, 11) is 1.57. The first kappa shape index (κ1) is 16.9. The van der Waals surface area contributed by atoms with Crippen LogP contribution in [0.4, 0.5) is 5.69 Å². The maximum absolute atomic E-state index is 12.4. The van der Waals surface area contributed by atoms with Crippen LogP contribution in [0.15, 0.2) is 36.4 Å². The van der Waals surface area contributed by atoms with Gasteiger partial charge in [0, 0.05) is 5.56 Å². The number of benzene rings is 2. The van der Waals surface area contributed by atoms with Crippen LogP contribution in [0.2, 0.25) is 5.02 Å². The molecule has 2 rings (SSSR count). The zero-order valence-corrected chi connectivity index (χ0v) is 15.1. The van der Waals surface area contributed by atoms with E-state index in [1.54, 1.807) is 31.4 Å². The van der Waals surface area contributed by atoms with E-state index in [4.69, 9.17) is 21.1 Å². The largest absolute Gasteiger partial charge is 0.492 e. The third-order valence-electron chi connectivity index (χ3n) is 2.90. The molecule has 22 heavy (non-hydrogen) atoms. The van der Waals surface area contributed by atoms with Gasteiger partial charge >= 0.3 is 0 Å². The third-order valence-corrected chi connectivity index (χ3v) is 4.03. The molecule has 0 saturated carbocycles. The van der Waals surface area contributed by atoms with Crippen molar-refractivity contribution in [1.29, 1.82) is 0 Å². The molecule has 0 aliphatic carbocycles. The van der Waals surface area contributed by atoms with Crippen LogP contribution in [-0.2, 0) is 0 Å². The second-order valence-electron chi connectivity index (χ2n) is 4.36. The first-order valence-corrected chi connectivity index (χ1v) is 8.08. The van der Waals surface area contributed by atoms with Crippen LogP contribution in [0.3, 0.4) is 0 Å². The Hall–Kier alpha value is -1.47. The summed E-state index contributed by atoms with van der Waals surface area (Å²) in [5.41, 5.74) is 1.05. The van der Waals surface area contributed by atoms with E-state index < -0.39 is 0 Å². The fourth-order valence-electron chi connectivity index (χ4n) is 1.92. The van der Waals surface area contributed by atoms with Crippen LogP contribution in [-0.4, -0.2) is 19.6 Å². The van der Waals surface area contributed by atoms with E-state index in [0.717, 1.165) is 3.57 Å². The highest BCUT2D eigenvalue weighted by molar-refractivity contribution is 14.1. The molecule has 116 valence electrons. The van der Waals surface area contributed by atoms with E-state index in [9.17, 15) is 4.79 Å². The lowest BCUT2D eigenvalue weighted by Gasteiger charge is -2.13. The van der Waals surface area contributed by atoms with Crippen molar-refractivity contribution in [2.24, 2.45) is 0 Å². The van der Waals surface area contributed by atoms with E-state index in [1.165, 1.54) is 0 Å². The summed E-state index contributed by atoms with van der Waals surface area (Å²) in [5.74, 6) is 0.910. The fourth-order valence-corrected chi connectivity index (χ4v) is 2.92. The van der Waals surface area contributed by atoms with Gasteiger partial charge in [0.15, 0.2) is 11.5 Å². The molecular formula is C16H15ClINO3. The third kappa shape index (κ3) is 3.84. The van der Waals surface area contributed by atoms with Crippen LogP contribution < -0.4 is 14.8 Å². The van der Waals surface area contributed by atoms with Crippen LogP contribution in [0, 0.1) is 3.57 Å². The molecular weight excluding hydrogens is 417 g/mol. The maximum atomic E-state index is 12.4. The van der Waals surface area contributed by atoms with Gasteiger partial charge in [0.2, 0.25) is 0 Å². The number of methoxy groups -OCH3 is 1. The average Bonchev–Trinajstić information content (AvgIpc) is 2.49. The lowest BCUT2D eigenvalue weighted by molar-refractivity contribution is 0.102. The Kier molecular flexibility index (Phi) is 5.90. The number of carbonyl (C=O) groups excluding carboxylic acids is 1. The van der Waals surface area contributed by atoms with Gasteiger partial charge in [-0.25, -0.2) is 0 Å². The topological polar surface area (TPSA) is 47.6 Å². The molecule has 0 radical (unpaired) electrons. The Morgan fingerprint density at radius 3 is 2.68 bits per heavy atom. The van der Waals surface area contributed by atoms with E-state index in [-0.39, 0.29) is 5.91 Å². The molecule has 1 amide bonds. The Balaban J connectivity index is 2.32. The summed E-state index contributed by atoms with van der Waals surface area (Å²) in [6, 6.07) is 10.5. The van der Waals surface area contributed by atoms with Gasteiger partial charge in [-0.05, 0) is 53.8 Å². The number of hydrogen-bond acceptors (Lipinski definition) is 3. The smallest absolute Gasteiger partial charge is 0.255 e. The lowest BCUT2D eigenvalue weighted by atomic mass is 10.2. The Morgan fingerprint density at radius 2 is 2.05 bits per heavy atom. The second kappa shape index (κ2) is 7.69. The second-order valence-corrected chi connectivity index (χ2v) is 5.93. The number of para-hydroxylation sites is 1. The van der Waals surface area contributed by atoms with Crippen molar-refractivity contribution < 1.29 is 14.3 Å². The first-order chi connectivity index (χ1) is 10.6. The van der Waals surface area contributed by atoms with Crippen LogP contribution in [0.25, 0.3) is 0 Å². The quantitative estimate of drug-likeness (QED) is 0.704. The van der Waals surface area contributed by atoms with E-state index in [1.807, 2.05) is 19.1 Å². The predicted octanol–water partition coefficient (Wildman–Crippen LogP) is 4.60. The van der Waals surface area contributed by atoms with Crippen molar-refractivity contribution >= 4 is 45.8 Å². The lowest BCUT2D eigenvalue weighted by Crippen LogP contribution is -2.13. The minimum absolute atomic E-state index is 0.255. The number of carbonyl (C=O) groups is 1. The van der Waals surface area contributed by atoms with Crippen molar-refractivity contribution in [3.63, 3.8) is 0 Å². The maximum Gasteiger partial charge on any atom is 0.255 e. The van der Waals surface area contributed by atoms with Crippen molar-refractivity contribution in [2.45, 2.75) is 6.92 Å².